The molecule has 0 bridgehead atoms. The van der Waals surface area contributed by atoms with Crippen LogP contribution in [0.25, 0.3) is 0 Å². The summed E-state index contributed by atoms with van der Waals surface area (Å²) in [5, 5.41) is 16.8. The van der Waals surface area contributed by atoms with Gasteiger partial charge < -0.3 is 14.9 Å². The molecule has 0 radical (unpaired) electrons. The molecule has 3 aromatic rings. The molecule has 164 valence electrons. The van der Waals surface area contributed by atoms with Gasteiger partial charge in [0.15, 0.2) is 0 Å². The van der Waals surface area contributed by atoms with Crippen molar-refractivity contribution in [2.45, 2.75) is 25.0 Å². The number of benzene rings is 2. The van der Waals surface area contributed by atoms with Crippen LogP contribution in [-0.2, 0) is 24.8 Å². The van der Waals surface area contributed by atoms with Gasteiger partial charge in [0.25, 0.3) is 5.91 Å². The molecule has 8 heteroatoms. The third-order valence-corrected chi connectivity index (χ3v) is 5.15. The second-order valence-corrected chi connectivity index (χ2v) is 7.40. The number of rotatable bonds is 6. The van der Waals surface area contributed by atoms with E-state index >= 15 is 0 Å². The van der Waals surface area contributed by atoms with E-state index in [-0.39, 0.29) is 5.91 Å². The lowest BCUT2D eigenvalue weighted by Crippen LogP contribution is -2.31. The van der Waals surface area contributed by atoms with E-state index < -0.39 is 17.7 Å². The van der Waals surface area contributed by atoms with Crippen LogP contribution < -0.4 is 5.32 Å². The minimum absolute atomic E-state index is 0.327. The van der Waals surface area contributed by atoms with Gasteiger partial charge in [-0.1, -0.05) is 47.6 Å². The fourth-order valence-electron chi connectivity index (χ4n) is 3.56. The number of esters is 1. The van der Waals surface area contributed by atoms with Gasteiger partial charge in [-0.3, -0.25) is 14.6 Å². The van der Waals surface area contributed by atoms with Gasteiger partial charge in [0.05, 0.1) is 5.71 Å². The van der Waals surface area contributed by atoms with Gasteiger partial charge in [-0.25, -0.2) is 0 Å². The van der Waals surface area contributed by atoms with Gasteiger partial charge in [-0.2, -0.15) is 5.26 Å². The molecule has 1 N–H and O–H groups in total. The summed E-state index contributed by atoms with van der Waals surface area (Å²) in [5.74, 6) is -0.930. The summed E-state index contributed by atoms with van der Waals surface area (Å²) >= 11 is 0. The number of nitrogens with zero attached hydrogens (tertiary/aromatic N) is 3. The fourth-order valence-corrected chi connectivity index (χ4v) is 3.56. The number of amides is 1. The Morgan fingerprint density at radius 2 is 1.82 bits per heavy atom. The summed E-state index contributed by atoms with van der Waals surface area (Å²) in [4.78, 5) is 33.8. The Labute approximate surface area is 190 Å². The summed E-state index contributed by atoms with van der Waals surface area (Å²) in [6.07, 6.45) is 2.89. The Kier molecular flexibility index (Phi) is 6.13. The van der Waals surface area contributed by atoms with Crippen LogP contribution in [0.2, 0.25) is 0 Å². The zero-order valence-electron chi connectivity index (χ0n) is 17.8. The van der Waals surface area contributed by atoms with Crippen molar-refractivity contribution in [3.63, 3.8) is 0 Å². The van der Waals surface area contributed by atoms with Gasteiger partial charge in [0.2, 0.25) is 11.7 Å². The SMILES string of the molecule is CC(=O)OC(C#N)(c1ccccc1)c1ccc(NC(=O)C2CC(c3cccnc3)=NO2)cc1. The minimum atomic E-state index is -1.60. The summed E-state index contributed by atoms with van der Waals surface area (Å²) < 4.78 is 5.49. The van der Waals surface area contributed by atoms with Crippen molar-refractivity contribution in [2.24, 2.45) is 5.16 Å². The van der Waals surface area contributed by atoms with E-state index in [2.05, 4.69) is 21.5 Å². The Bertz CT molecular complexity index is 1220. The number of carbonyl (C=O) groups excluding carboxylic acids is 2. The Balaban J connectivity index is 1.49. The topological polar surface area (TPSA) is 114 Å². The molecule has 0 saturated heterocycles. The first kappa shape index (κ1) is 21.7. The highest BCUT2D eigenvalue weighted by Gasteiger charge is 2.38. The predicted octanol–water partition coefficient (Wildman–Crippen LogP) is 3.54. The van der Waals surface area contributed by atoms with Crippen molar-refractivity contribution in [1.29, 1.82) is 5.26 Å². The monoisotopic (exact) mass is 440 g/mol. The van der Waals surface area contributed by atoms with Gasteiger partial charge in [0.1, 0.15) is 6.07 Å². The van der Waals surface area contributed by atoms with Gasteiger partial charge in [-0.05, 0) is 24.3 Å². The number of ether oxygens (including phenoxy) is 1. The number of pyridine rings is 1. The zero-order chi connectivity index (χ0) is 23.3. The highest BCUT2D eigenvalue weighted by Crippen LogP contribution is 2.34. The molecular weight excluding hydrogens is 420 g/mol. The molecule has 2 unspecified atom stereocenters. The lowest BCUT2D eigenvalue weighted by Gasteiger charge is -2.27. The van der Waals surface area contributed by atoms with Gasteiger partial charge in [-0.15, -0.1) is 0 Å². The van der Waals surface area contributed by atoms with E-state index in [1.54, 1.807) is 67.0 Å². The first-order valence-corrected chi connectivity index (χ1v) is 10.2. The van der Waals surface area contributed by atoms with E-state index in [0.717, 1.165) is 5.56 Å². The second kappa shape index (κ2) is 9.32. The van der Waals surface area contributed by atoms with E-state index in [1.165, 1.54) is 6.92 Å². The molecule has 1 aliphatic rings. The first-order chi connectivity index (χ1) is 16.0. The average molecular weight is 440 g/mol. The zero-order valence-corrected chi connectivity index (χ0v) is 17.8. The molecule has 1 aliphatic heterocycles. The van der Waals surface area contributed by atoms with Crippen LogP contribution >= 0.6 is 0 Å². The highest BCUT2D eigenvalue weighted by atomic mass is 16.6. The summed E-state index contributed by atoms with van der Waals surface area (Å²) in [5.41, 5.74) is 1.35. The van der Waals surface area contributed by atoms with Crippen LogP contribution in [0.15, 0.2) is 84.3 Å². The van der Waals surface area contributed by atoms with E-state index in [0.29, 0.717) is 28.9 Å². The van der Waals surface area contributed by atoms with E-state index in [4.69, 9.17) is 9.57 Å². The number of carbonyl (C=O) groups is 2. The summed E-state index contributed by atoms with van der Waals surface area (Å²) in [7, 11) is 0. The molecule has 8 nitrogen and oxygen atoms in total. The Morgan fingerprint density at radius 1 is 1.09 bits per heavy atom. The third kappa shape index (κ3) is 4.57. The normalized spacial score (nSPS) is 16.5. The fraction of sp³-hybridized carbons (Fsp3) is 0.160. The van der Waals surface area contributed by atoms with Crippen molar-refractivity contribution < 1.29 is 19.2 Å². The van der Waals surface area contributed by atoms with Crippen LogP contribution in [0, 0.1) is 11.3 Å². The molecule has 2 heterocycles. The van der Waals surface area contributed by atoms with Crippen LogP contribution in [0.3, 0.4) is 0 Å². The number of oxime groups is 1. The molecular formula is C25H20N4O4. The predicted molar refractivity (Wildman–Crippen MR) is 120 cm³/mol. The average Bonchev–Trinajstić information content (AvgIpc) is 3.35. The number of nitriles is 1. The third-order valence-electron chi connectivity index (χ3n) is 5.15. The molecule has 1 aromatic heterocycles. The molecule has 0 aliphatic carbocycles. The van der Waals surface area contributed by atoms with Crippen molar-refractivity contribution in [2.75, 3.05) is 5.32 Å². The van der Waals surface area contributed by atoms with Crippen LogP contribution in [0.5, 0.6) is 0 Å². The van der Waals surface area contributed by atoms with Gasteiger partial charge in [0, 0.05) is 48.1 Å². The number of hydrogen-bond acceptors (Lipinski definition) is 7. The molecule has 33 heavy (non-hydrogen) atoms. The molecule has 0 saturated carbocycles. The largest absolute Gasteiger partial charge is 0.435 e. The van der Waals surface area contributed by atoms with Crippen LogP contribution in [0.1, 0.15) is 30.0 Å². The van der Waals surface area contributed by atoms with E-state index in [9.17, 15) is 14.9 Å². The summed E-state index contributed by atoms with van der Waals surface area (Å²) in [6.45, 7) is 1.26. The number of nitrogens with one attached hydrogen (secondary N) is 1. The smallest absolute Gasteiger partial charge is 0.304 e. The number of anilines is 1. The molecule has 1 amide bonds. The molecule has 0 fully saturated rings. The van der Waals surface area contributed by atoms with Crippen LogP contribution in [0.4, 0.5) is 5.69 Å². The van der Waals surface area contributed by atoms with Crippen molar-refractivity contribution in [3.05, 3.63) is 95.8 Å². The Morgan fingerprint density at radius 3 is 2.45 bits per heavy atom. The standard InChI is InChI=1S/C25H20N4O4/c1-17(30)32-25(16-26,19-7-3-2-4-8-19)20-9-11-21(12-10-20)28-24(31)23-14-22(29-33-23)18-6-5-13-27-15-18/h2-13,15,23H,14H2,1H3,(H,28,31). The maximum atomic E-state index is 12.6. The lowest BCUT2D eigenvalue weighted by atomic mass is 9.87. The van der Waals surface area contributed by atoms with Crippen molar-refractivity contribution >= 4 is 23.3 Å². The van der Waals surface area contributed by atoms with E-state index in [1.807, 2.05) is 12.1 Å². The second-order valence-electron chi connectivity index (χ2n) is 7.40. The first-order valence-electron chi connectivity index (χ1n) is 10.2. The number of hydrogen-bond donors (Lipinski definition) is 1. The van der Waals surface area contributed by atoms with Crippen molar-refractivity contribution in [1.82, 2.24) is 4.98 Å². The highest BCUT2D eigenvalue weighted by molar-refractivity contribution is 6.05. The quantitative estimate of drug-likeness (QED) is 0.587. The lowest BCUT2D eigenvalue weighted by molar-refractivity contribution is -0.149. The van der Waals surface area contributed by atoms with Crippen molar-refractivity contribution in [3.8, 4) is 6.07 Å². The maximum Gasteiger partial charge on any atom is 0.304 e. The van der Waals surface area contributed by atoms with Gasteiger partial charge >= 0.3 is 5.97 Å². The summed E-state index contributed by atoms with van der Waals surface area (Å²) in [6, 6.07) is 21.1. The van der Waals surface area contributed by atoms with Crippen LogP contribution in [-0.4, -0.2) is 28.7 Å². The molecule has 2 aromatic carbocycles. The Hall–Kier alpha value is -4.51. The molecule has 4 rings (SSSR count). The molecule has 2 atom stereocenters. The number of aromatic nitrogens is 1. The maximum absolute atomic E-state index is 12.6. The molecule has 0 spiro atoms. The minimum Gasteiger partial charge on any atom is -0.435 e.